The molecule has 0 aliphatic heterocycles. The molecule has 0 spiro atoms. The molecule has 2 rings (SSSR count). The fraction of sp³-hybridized carbons (Fsp3) is 0. The Hall–Kier alpha value is -1.93. The lowest BCUT2D eigenvalue weighted by molar-refractivity contribution is 0.631. The minimum absolute atomic E-state index is 0.101. The maximum absolute atomic E-state index is 13.7. The Balaban J connectivity index is 2.73. The van der Waals surface area contributed by atoms with Gasteiger partial charge in [0.25, 0.3) is 0 Å². The van der Waals surface area contributed by atoms with Crippen LogP contribution in [0.2, 0.25) is 0 Å². The first-order valence-electron chi connectivity index (χ1n) is 4.73. The monoisotopic (exact) mass is 291 g/mol. The Morgan fingerprint density at radius 3 is 2.76 bits per heavy atom. The Kier molecular flexibility index (Phi) is 3.07. The van der Waals surface area contributed by atoms with Crippen molar-refractivity contribution in [1.29, 1.82) is 5.26 Å². The normalized spacial score (nSPS) is 9.94. The summed E-state index contributed by atoms with van der Waals surface area (Å²) in [6.45, 7) is 0. The molecule has 3 nitrogen and oxygen atoms in total. The molecule has 1 aromatic carbocycles. The molecule has 5 heteroatoms. The van der Waals surface area contributed by atoms with E-state index < -0.39 is 5.82 Å². The summed E-state index contributed by atoms with van der Waals surface area (Å²) in [6, 6.07) is 8.03. The summed E-state index contributed by atoms with van der Waals surface area (Å²) >= 11 is 3.26. The van der Waals surface area contributed by atoms with Crippen LogP contribution in [0.25, 0.3) is 11.1 Å². The number of nitriles is 1. The van der Waals surface area contributed by atoms with Crippen LogP contribution in [0.3, 0.4) is 0 Å². The zero-order valence-electron chi connectivity index (χ0n) is 8.61. The molecule has 84 valence electrons. The molecule has 2 N–H and O–H groups in total. The molecular formula is C12H7BrFN3. The number of rotatable bonds is 1. The highest BCUT2D eigenvalue weighted by atomic mass is 79.9. The van der Waals surface area contributed by atoms with Gasteiger partial charge in [-0.3, -0.25) is 0 Å². The second kappa shape index (κ2) is 4.52. The van der Waals surface area contributed by atoms with E-state index in [1.165, 1.54) is 12.3 Å². The number of hydrogen-bond donors (Lipinski definition) is 1. The van der Waals surface area contributed by atoms with E-state index in [4.69, 9.17) is 11.0 Å². The summed E-state index contributed by atoms with van der Waals surface area (Å²) in [6.07, 6.45) is 1.45. The van der Waals surface area contributed by atoms with E-state index in [9.17, 15) is 4.39 Å². The van der Waals surface area contributed by atoms with E-state index >= 15 is 0 Å². The summed E-state index contributed by atoms with van der Waals surface area (Å²) in [4.78, 5) is 3.81. The van der Waals surface area contributed by atoms with Crippen molar-refractivity contribution in [3.63, 3.8) is 0 Å². The van der Waals surface area contributed by atoms with Crippen LogP contribution in [0.1, 0.15) is 5.56 Å². The van der Waals surface area contributed by atoms with Crippen LogP contribution in [0, 0.1) is 17.1 Å². The van der Waals surface area contributed by atoms with Gasteiger partial charge in [0.05, 0.1) is 0 Å². The Bertz CT molecular complexity index is 620. The molecule has 0 saturated heterocycles. The number of nitrogens with zero attached hydrogens (tertiary/aromatic N) is 2. The molecule has 0 radical (unpaired) electrons. The number of halogens is 2. The molecule has 0 aliphatic rings. The first-order valence-corrected chi connectivity index (χ1v) is 5.53. The smallest absolute Gasteiger partial charge is 0.141 e. The van der Waals surface area contributed by atoms with Gasteiger partial charge in [0.1, 0.15) is 23.3 Å². The molecular weight excluding hydrogens is 285 g/mol. The zero-order valence-corrected chi connectivity index (χ0v) is 10.2. The van der Waals surface area contributed by atoms with Crippen molar-refractivity contribution in [2.75, 3.05) is 5.73 Å². The lowest BCUT2D eigenvalue weighted by atomic mass is 10.0. The lowest BCUT2D eigenvalue weighted by Crippen LogP contribution is -1.97. The zero-order chi connectivity index (χ0) is 12.4. The second-order valence-corrected chi connectivity index (χ2v) is 4.27. The Morgan fingerprint density at radius 2 is 2.06 bits per heavy atom. The minimum atomic E-state index is -0.407. The van der Waals surface area contributed by atoms with Crippen LogP contribution < -0.4 is 5.73 Å². The molecule has 1 aromatic heterocycles. The number of nitrogen functional groups attached to an aromatic ring is 1. The first-order chi connectivity index (χ1) is 8.13. The maximum atomic E-state index is 13.7. The van der Waals surface area contributed by atoms with Crippen molar-refractivity contribution in [1.82, 2.24) is 4.98 Å². The topological polar surface area (TPSA) is 62.7 Å². The quantitative estimate of drug-likeness (QED) is 0.878. The van der Waals surface area contributed by atoms with Gasteiger partial charge in [-0.15, -0.1) is 0 Å². The van der Waals surface area contributed by atoms with Crippen molar-refractivity contribution < 1.29 is 4.39 Å². The lowest BCUT2D eigenvalue weighted by Gasteiger charge is -2.07. The number of nitrogens with two attached hydrogens (primary N) is 1. The van der Waals surface area contributed by atoms with Gasteiger partial charge in [-0.1, -0.05) is 15.9 Å². The fourth-order valence-corrected chi connectivity index (χ4v) is 1.88. The average Bonchev–Trinajstić information content (AvgIpc) is 2.32. The number of aromatic nitrogens is 1. The van der Waals surface area contributed by atoms with E-state index in [1.807, 2.05) is 6.07 Å². The van der Waals surface area contributed by atoms with Crippen molar-refractivity contribution in [2.24, 2.45) is 0 Å². The summed E-state index contributed by atoms with van der Waals surface area (Å²) in [5.74, 6) is -0.306. The molecule has 0 atom stereocenters. The van der Waals surface area contributed by atoms with Crippen molar-refractivity contribution >= 4 is 21.7 Å². The summed E-state index contributed by atoms with van der Waals surface area (Å²) in [7, 11) is 0. The predicted molar refractivity (Wildman–Crippen MR) is 66.5 cm³/mol. The van der Waals surface area contributed by atoms with Gasteiger partial charge in [-0.05, 0) is 24.3 Å². The molecule has 2 aromatic rings. The summed E-state index contributed by atoms with van der Waals surface area (Å²) in [5.41, 5.74) is 6.54. The van der Waals surface area contributed by atoms with E-state index in [0.717, 1.165) is 4.47 Å². The maximum Gasteiger partial charge on any atom is 0.141 e. The molecule has 0 unspecified atom stereocenters. The van der Waals surface area contributed by atoms with Gasteiger partial charge < -0.3 is 5.73 Å². The number of anilines is 1. The van der Waals surface area contributed by atoms with Crippen molar-refractivity contribution in [2.45, 2.75) is 0 Å². The number of pyridine rings is 1. The highest BCUT2D eigenvalue weighted by Gasteiger charge is 2.13. The SMILES string of the molecule is N#Cc1c(-c2cc(Br)ccc2F)ccnc1N. The van der Waals surface area contributed by atoms with Crippen LogP contribution in [-0.4, -0.2) is 4.98 Å². The molecule has 0 fully saturated rings. The molecule has 17 heavy (non-hydrogen) atoms. The van der Waals surface area contributed by atoms with Crippen molar-refractivity contribution in [3.8, 4) is 17.2 Å². The third kappa shape index (κ3) is 2.12. The summed E-state index contributed by atoms with van der Waals surface area (Å²) in [5, 5.41) is 9.02. The molecule has 1 heterocycles. The van der Waals surface area contributed by atoms with Crippen LogP contribution in [0.15, 0.2) is 34.9 Å². The van der Waals surface area contributed by atoms with E-state index in [-0.39, 0.29) is 11.4 Å². The largest absolute Gasteiger partial charge is 0.383 e. The molecule has 0 amide bonds. The Labute approximate surface area is 106 Å². The van der Waals surface area contributed by atoms with Crippen LogP contribution in [0.5, 0.6) is 0 Å². The Morgan fingerprint density at radius 1 is 1.29 bits per heavy atom. The standard InChI is InChI=1S/C12H7BrFN3/c13-7-1-2-11(14)9(5-7)8-3-4-17-12(16)10(8)6-15/h1-5H,(H2,16,17). The highest BCUT2D eigenvalue weighted by Crippen LogP contribution is 2.30. The molecule has 0 saturated carbocycles. The van der Waals surface area contributed by atoms with Gasteiger partial charge in [-0.25, -0.2) is 9.37 Å². The highest BCUT2D eigenvalue weighted by molar-refractivity contribution is 9.10. The van der Waals surface area contributed by atoms with Crippen molar-refractivity contribution in [3.05, 3.63) is 46.3 Å². The number of benzene rings is 1. The van der Waals surface area contributed by atoms with Gasteiger partial charge in [-0.2, -0.15) is 5.26 Å². The molecule has 0 bridgehead atoms. The van der Waals surface area contributed by atoms with Gasteiger partial charge in [0.15, 0.2) is 0 Å². The minimum Gasteiger partial charge on any atom is -0.383 e. The van der Waals surface area contributed by atoms with E-state index in [1.54, 1.807) is 18.2 Å². The van der Waals surface area contributed by atoms with Gasteiger partial charge in [0, 0.05) is 21.8 Å². The van der Waals surface area contributed by atoms with E-state index in [0.29, 0.717) is 11.1 Å². The van der Waals surface area contributed by atoms with Crippen LogP contribution in [-0.2, 0) is 0 Å². The third-order valence-electron chi connectivity index (χ3n) is 2.31. The second-order valence-electron chi connectivity index (χ2n) is 3.35. The average molecular weight is 292 g/mol. The van der Waals surface area contributed by atoms with Crippen LogP contribution >= 0.6 is 15.9 Å². The van der Waals surface area contributed by atoms with Gasteiger partial charge in [0.2, 0.25) is 0 Å². The van der Waals surface area contributed by atoms with E-state index in [2.05, 4.69) is 20.9 Å². The molecule has 0 aliphatic carbocycles. The summed E-state index contributed by atoms with van der Waals surface area (Å²) < 4.78 is 14.4. The predicted octanol–water partition coefficient (Wildman–Crippen LogP) is 3.10. The fourth-order valence-electron chi connectivity index (χ4n) is 1.52. The third-order valence-corrected chi connectivity index (χ3v) is 2.80. The number of hydrogen-bond acceptors (Lipinski definition) is 3. The van der Waals surface area contributed by atoms with Crippen LogP contribution in [0.4, 0.5) is 10.2 Å². The first kappa shape index (κ1) is 11.6. The van der Waals surface area contributed by atoms with Gasteiger partial charge >= 0.3 is 0 Å².